The molecular weight excluding hydrogens is 520 g/mol. The van der Waals surface area contributed by atoms with Crippen LogP contribution in [0.5, 0.6) is 5.75 Å². The first-order valence-corrected chi connectivity index (χ1v) is 15.0. The summed E-state index contributed by atoms with van der Waals surface area (Å²) in [6.45, 7) is 21.0. The predicted molar refractivity (Wildman–Crippen MR) is 165 cm³/mol. The molecule has 0 radical (unpaired) electrons. The van der Waals surface area contributed by atoms with E-state index in [0.29, 0.717) is 45.9 Å². The number of carbonyl (C=O) groups is 2. The van der Waals surface area contributed by atoms with E-state index < -0.39 is 0 Å². The van der Waals surface area contributed by atoms with Crippen molar-refractivity contribution in [1.29, 1.82) is 0 Å². The number of benzene rings is 1. The number of rotatable bonds is 24. The average molecular weight is 575 g/mol. The Kier molecular flexibility index (Phi) is 18.0. The maximum atomic E-state index is 12.2. The Hall–Kier alpha value is -2.64. The molecule has 0 bridgehead atoms. The van der Waals surface area contributed by atoms with Crippen LogP contribution < -0.4 is 4.74 Å². The van der Waals surface area contributed by atoms with Gasteiger partial charge in [0.1, 0.15) is 19.0 Å². The second kappa shape index (κ2) is 20.3. The van der Waals surface area contributed by atoms with Gasteiger partial charge in [-0.3, -0.25) is 9.59 Å². The number of ether oxygens (including phenoxy) is 5. The average Bonchev–Trinajstić information content (AvgIpc) is 2.92. The molecule has 0 heterocycles. The molecule has 0 N–H and O–H groups in total. The van der Waals surface area contributed by atoms with Gasteiger partial charge in [0.2, 0.25) is 0 Å². The van der Waals surface area contributed by atoms with Crippen LogP contribution in [-0.2, 0) is 39.4 Å². The summed E-state index contributed by atoms with van der Waals surface area (Å²) in [5.41, 5.74) is 1.99. The minimum absolute atomic E-state index is 0.141. The van der Waals surface area contributed by atoms with Crippen molar-refractivity contribution in [1.82, 2.24) is 0 Å². The number of hydrogen-bond donors (Lipinski definition) is 0. The van der Waals surface area contributed by atoms with Crippen LogP contribution >= 0.6 is 0 Å². The molecule has 0 fully saturated rings. The van der Waals surface area contributed by atoms with E-state index in [-0.39, 0.29) is 36.0 Å². The zero-order valence-electron chi connectivity index (χ0n) is 26.3. The molecule has 0 amide bonds. The van der Waals surface area contributed by atoms with Gasteiger partial charge in [0.15, 0.2) is 0 Å². The molecule has 0 atom stereocenters. The summed E-state index contributed by atoms with van der Waals surface area (Å²) in [6.07, 6.45) is 9.23. The first kappa shape index (κ1) is 36.4. The Morgan fingerprint density at radius 3 is 1.80 bits per heavy atom. The van der Waals surface area contributed by atoms with E-state index in [1.807, 2.05) is 0 Å². The molecule has 7 nitrogen and oxygen atoms in total. The molecule has 0 aliphatic rings. The topological polar surface area (TPSA) is 80.3 Å². The van der Waals surface area contributed by atoms with Crippen LogP contribution in [0.4, 0.5) is 0 Å². The third-order valence-electron chi connectivity index (χ3n) is 7.07. The Labute approximate surface area is 248 Å². The highest BCUT2D eigenvalue weighted by Crippen LogP contribution is 2.39. The van der Waals surface area contributed by atoms with Crippen molar-refractivity contribution in [3.8, 4) is 5.75 Å². The van der Waals surface area contributed by atoms with E-state index in [9.17, 15) is 9.59 Å². The second-order valence-corrected chi connectivity index (χ2v) is 11.6. The molecule has 0 spiro atoms. The zero-order valence-corrected chi connectivity index (χ0v) is 26.3. The van der Waals surface area contributed by atoms with Gasteiger partial charge >= 0.3 is 11.9 Å². The fourth-order valence-electron chi connectivity index (χ4n) is 4.48. The maximum Gasteiger partial charge on any atom is 0.305 e. The smallest absolute Gasteiger partial charge is 0.305 e. The minimum Gasteiger partial charge on any atom is -0.493 e. The van der Waals surface area contributed by atoms with E-state index in [0.717, 1.165) is 49.8 Å². The van der Waals surface area contributed by atoms with Gasteiger partial charge in [-0.2, -0.15) is 0 Å². The lowest BCUT2D eigenvalue weighted by Gasteiger charge is -2.31. The van der Waals surface area contributed by atoms with Gasteiger partial charge in [-0.15, -0.1) is 13.2 Å². The summed E-state index contributed by atoms with van der Waals surface area (Å²) in [4.78, 5) is 24.3. The summed E-state index contributed by atoms with van der Waals surface area (Å²) in [5, 5.41) is 0. The minimum atomic E-state index is -0.204. The number of carbonyl (C=O) groups excluding carboxylic acids is 2. The molecule has 1 aromatic rings. The Morgan fingerprint density at radius 2 is 1.29 bits per heavy atom. The summed E-state index contributed by atoms with van der Waals surface area (Å²) >= 11 is 0. The van der Waals surface area contributed by atoms with E-state index in [1.165, 1.54) is 5.56 Å². The summed E-state index contributed by atoms with van der Waals surface area (Å²) in [5.74, 6) is 0.493. The van der Waals surface area contributed by atoms with Gasteiger partial charge in [0, 0.05) is 12.8 Å². The normalized spacial score (nSPS) is 11.6. The largest absolute Gasteiger partial charge is 0.493 e. The molecular formula is C34H54O7. The van der Waals surface area contributed by atoms with E-state index in [4.69, 9.17) is 23.7 Å². The Morgan fingerprint density at radius 1 is 0.756 bits per heavy atom. The lowest BCUT2D eigenvalue weighted by molar-refractivity contribution is -0.146. The van der Waals surface area contributed by atoms with Crippen LogP contribution in [0.1, 0.15) is 97.1 Å². The lowest BCUT2D eigenvalue weighted by Crippen LogP contribution is -2.22. The highest BCUT2D eigenvalue weighted by molar-refractivity contribution is 5.69. The van der Waals surface area contributed by atoms with Crippen molar-refractivity contribution in [2.45, 2.75) is 96.8 Å². The van der Waals surface area contributed by atoms with Crippen LogP contribution in [0.2, 0.25) is 0 Å². The standard InChI is InChI=1S/C34H54O7/c1-8-11-22-39-30-27-28(33(4,5)18-12-14-31(35)40-25-23-37-20-9-2)16-17-29(30)34(6,7)19-13-15-32(36)41-26-24-38-21-10-3/h9-10,16-17,27H,2-3,8,11-15,18-26H2,1,4-7H3. The highest BCUT2D eigenvalue weighted by Gasteiger charge is 2.28. The third kappa shape index (κ3) is 15.2. The molecule has 0 aromatic heterocycles. The van der Waals surface area contributed by atoms with Crippen LogP contribution in [-0.4, -0.2) is 58.2 Å². The highest BCUT2D eigenvalue weighted by atomic mass is 16.6. The molecule has 41 heavy (non-hydrogen) atoms. The number of esters is 2. The number of unbranched alkanes of at least 4 members (excludes halogenated alkanes) is 1. The van der Waals surface area contributed by atoms with Crippen molar-refractivity contribution >= 4 is 11.9 Å². The summed E-state index contributed by atoms with van der Waals surface area (Å²) in [6, 6.07) is 6.52. The van der Waals surface area contributed by atoms with Gasteiger partial charge in [0.05, 0.1) is 33.0 Å². The molecule has 232 valence electrons. The van der Waals surface area contributed by atoms with Crippen molar-refractivity contribution in [3.63, 3.8) is 0 Å². The monoisotopic (exact) mass is 574 g/mol. The fraction of sp³-hybridized carbons (Fsp3) is 0.647. The van der Waals surface area contributed by atoms with Gasteiger partial charge in [-0.05, 0) is 60.1 Å². The Bertz CT molecular complexity index is 920. The van der Waals surface area contributed by atoms with Crippen molar-refractivity contribution < 1.29 is 33.3 Å². The number of hydrogen-bond acceptors (Lipinski definition) is 7. The molecule has 0 saturated heterocycles. The van der Waals surface area contributed by atoms with E-state index in [1.54, 1.807) is 12.2 Å². The molecule has 7 heteroatoms. The van der Waals surface area contributed by atoms with E-state index >= 15 is 0 Å². The quantitative estimate of drug-likeness (QED) is 0.0731. The predicted octanol–water partition coefficient (Wildman–Crippen LogP) is 7.25. The van der Waals surface area contributed by atoms with Crippen LogP contribution in [0.25, 0.3) is 0 Å². The Balaban J connectivity index is 2.77. The molecule has 1 aromatic carbocycles. The van der Waals surface area contributed by atoms with Crippen molar-refractivity contribution in [2.75, 3.05) is 46.2 Å². The zero-order chi connectivity index (χ0) is 30.6. The van der Waals surface area contributed by atoms with Gasteiger partial charge in [-0.1, -0.05) is 65.3 Å². The van der Waals surface area contributed by atoms with E-state index in [2.05, 4.69) is 66.0 Å². The fourth-order valence-corrected chi connectivity index (χ4v) is 4.48. The lowest BCUT2D eigenvalue weighted by atomic mass is 9.76. The molecule has 0 aliphatic carbocycles. The molecule has 1 rings (SSSR count). The third-order valence-corrected chi connectivity index (χ3v) is 7.07. The van der Waals surface area contributed by atoms with Crippen LogP contribution in [0, 0.1) is 0 Å². The van der Waals surface area contributed by atoms with Crippen molar-refractivity contribution in [2.24, 2.45) is 0 Å². The summed E-state index contributed by atoms with van der Waals surface area (Å²) < 4.78 is 27.4. The van der Waals surface area contributed by atoms with Crippen molar-refractivity contribution in [3.05, 3.63) is 54.6 Å². The molecule has 0 unspecified atom stereocenters. The van der Waals surface area contributed by atoms with Crippen LogP contribution in [0.3, 0.4) is 0 Å². The van der Waals surface area contributed by atoms with Crippen LogP contribution in [0.15, 0.2) is 43.5 Å². The second-order valence-electron chi connectivity index (χ2n) is 11.6. The maximum absolute atomic E-state index is 12.2. The van der Waals surface area contributed by atoms with Gasteiger partial charge in [0.25, 0.3) is 0 Å². The first-order valence-electron chi connectivity index (χ1n) is 15.0. The molecule has 0 saturated carbocycles. The SMILES string of the molecule is C=CCOCCOC(=O)CCCC(C)(C)c1ccc(C(C)(C)CCCC(=O)OCCOCC=C)c(OCCCC)c1. The van der Waals surface area contributed by atoms with Gasteiger partial charge in [-0.25, -0.2) is 0 Å². The first-order chi connectivity index (χ1) is 19.6. The summed E-state index contributed by atoms with van der Waals surface area (Å²) in [7, 11) is 0. The molecule has 0 aliphatic heterocycles. The van der Waals surface area contributed by atoms with Gasteiger partial charge < -0.3 is 23.7 Å².